The van der Waals surface area contributed by atoms with Crippen LogP contribution in [0.2, 0.25) is 5.15 Å². The normalized spacial score (nSPS) is 20.0. The fourth-order valence-corrected chi connectivity index (χ4v) is 2.34. The predicted octanol–water partition coefficient (Wildman–Crippen LogP) is 2.20. The molecular weight excluding hydrogens is 216 g/mol. The van der Waals surface area contributed by atoms with Gasteiger partial charge < -0.3 is 9.67 Å². The molecule has 0 amide bonds. The van der Waals surface area contributed by atoms with E-state index in [1.165, 1.54) is 0 Å². The minimum absolute atomic E-state index is 0.0162. The van der Waals surface area contributed by atoms with Crippen LogP contribution in [0.4, 0.5) is 0 Å². The Morgan fingerprint density at radius 2 is 2.47 bits per heavy atom. The third kappa shape index (κ3) is 1.86. The number of fused-ring (bicyclic) bond motifs is 1. The second-order valence-corrected chi connectivity index (χ2v) is 4.29. The lowest BCUT2D eigenvalue weighted by molar-refractivity contribution is -0.137. The summed E-state index contributed by atoms with van der Waals surface area (Å²) in [5.41, 5.74) is 0.795. The number of carbonyl (C=O) groups is 1. The molecule has 4 nitrogen and oxygen atoms in total. The number of nitrogens with zero attached hydrogens (tertiary/aromatic N) is 2. The number of hydrogen-bond donors (Lipinski definition) is 1. The molecule has 0 saturated heterocycles. The highest BCUT2D eigenvalue weighted by molar-refractivity contribution is 6.30. The molecule has 0 saturated carbocycles. The van der Waals surface area contributed by atoms with Crippen molar-refractivity contribution in [3.05, 3.63) is 16.7 Å². The van der Waals surface area contributed by atoms with Gasteiger partial charge in [-0.15, -0.1) is 0 Å². The van der Waals surface area contributed by atoms with Gasteiger partial charge in [0.2, 0.25) is 0 Å². The Labute approximate surface area is 92.9 Å². The van der Waals surface area contributed by atoms with Crippen molar-refractivity contribution in [2.24, 2.45) is 0 Å². The number of hydrogen-bond acceptors (Lipinski definition) is 2. The molecule has 5 heteroatoms. The molecular formula is C10H13ClN2O2. The van der Waals surface area contributed by atoms with E-state index >= 15 is 0 Å². The zero-order valence-corrected chi connectivity index (χ0v) is 9.29. The number of aryl methyl sites for hydroxylation is 1. The molecule has 1 aromatic heterocycles. The van der Waals surface area contributed by atoms with Gasteiger partial charge >= 0.3 is 5.97 Å². The number of imidazole rings is 1. The van der Waals surface area contributed by atoms with Crippen molar-refractivity contribution in [3.8, 4) is 0 Å². The molecule has 1 N–H and O–H groups in total. The summed E-state index contributed by atoms with van der Waals surface area (Å²) in [4.78, 5) is 15.1. The summed E-state index contributed by atoms with van der Waals surface area (Å²) in [7, 11) is 0. The van der Waals surface area contributed by atoms with Gasteiger partial charge in [0.05, 0.1) is 12.1 Å². The summed E-state index contributed by atoms with van der Waals surface area (Å²) in [6, 6.07) is 0. The maximum atomic E-state index is 10.7. The van der Waals surface area contributed by atoms with Gasteiger partial charge in [-0.1, -0.05) is 11.6 Å². The summed E-state index contributed by atoms with van der Waals surface area (Å²) in [6.45, 7) is 2.70. The lowest BCUT2D eigenvalue weighted by Crippen LogP contribution is -2.18. The average molecular weight is 229 g/mol. The summed E-state index contributed by atoms with van der Waals surface area (Å²) in [6.07, 6.45) is 2.01. The molecule has 1 aliphatic rings. The molecule has 1 aromatic rings. The molecule has 15 heavy (non-hydrogen) atoms. The minimum atomic E-state index is -0.773. The summed E-state index contributed by atoms with van der Waals surface area (Å²) < 4.78 is 1.94. The van der Waals surface area contributed by atoms with Crippen LogP contribution in [0, 0.1) is 6.92 Å². The van der Waals surface area contributed by atoms with E-state index in [0.717, 1.165) is 30.9 Å². The van der Waals surface area contributed by atoms with Crippen molar-refractivity contribution in [2.75, 3.05) is 0 Å². The number of aliphatic carboxylic acids is 1. The number of carboxylic acid groups (broad SMARTS) is 1. The molecule has 1 aliphatic heterocycles. The van der Waals surface area contributed by atoms with E-state index in [9.17, 15) is 4.79 Å². The monoisotopic (exact) mass is 228 g/mol. The van der Waals surface area contributed by atoms with Crippen molar-refractivity contribution in [1.82, 2.24) is 9.55 Å². The Kier molecular flexibility index (Phi) is 2.69. The highest BCUT2D eigenvalue weighted by atomic mass is 35.5. The van der Waals surface area contributed by atoms with Crippen LogP contribution >= 0.6 is 11.6 Å². The van der Waals surface area contributed by atoms with E-state index in [0.29, 0.717) is 5.15 Å². The first kappa shape index (κ1) is 10.5. The average Bonchev–Trinajstić information content (AvgIpc) is 2.45. The fourth-order valence-electron chi connectivity index (χ4n) is 2.13. The Morgan fingerprint density at radius 1 is 1.73 bits per heavy atom. The Balaban J connectivity index is 2.34. The zero-order valence-electron chi connectivity index (χ0n) is 8.53. The van der Waals surface area contributed by atoms with Crippen LogP contribution in [0.15, 0.2) is 0 Å². The van der Waals surface area contributed by atoms with E-state index in [2.05, 4.69) is 4.98 Å². The van der Waals surface area contributed by atoms with Gasteiger partial charge in [0.15, 0.2) is 0 Å². The predicted molar refractivity (Wildman–Crippen MR) is 56.2 cm³/mol. The molecule has 0 fully saturated rings. The second kappa shape index (κ2) is 3.85. The molecule has 1 atom stereocenters. The van der Waals surface area contributed by atoms with E-state index in [1.54, 1.807) is 0 Å². The van der Waals surface area contributed by atoms with Crippen LogP contribution in [0.1, 0.15) is 36.7 Å². The van der Waals surface area contributed by atoms with Crippen molar-refractivity contribution < 1.29 is 9.90 Å². The number of carboxylic acids is 1. The highest BCUT2D eigenvalue weighted by Gasteiger charge is 2.26. The third-order valence-corrected chi connectivity index (χ3v) is 3.29. The van der Waals surface area contributed by atoms with Crippen LogP contribution in [0.3, 0.4) is 0 Å². The van der Waals surface area contributed by atoms with Crippen molar-refractivity contribution in [3.63, 3.8) is 0 Å². The van der Waals surface area contributed by atoms with E-state index < -0.39 is 5.97 Å². The third-order valence-electron chi connectivity index (χ3n) is 2.81. The lowest BCUT2D eigenvalue weighted by atomic mass is 9.96. The van der Waals surface area contributed by atoms with Crippen molar-refractivity contribution >= 4 is 17.6 Å². The summed E-state index contributed by atoms with van der Waals surface area (Å²) in [5, 5.41) is 9.45. The van der Waals surface area contributed by atoms with Gasteiger partial charge in [0, 0.05) is 12.5 Å². The minimum Gasteiger partial charge on any atom is -0.481 e. The van der Waals surface area contributed by atoms with E-state index in [-0.39, 0.29) is 12.3 Å². The standard InChI is InChI=1S/C10H13ClN2O2/c1-6-9(11)13-4-2-3-7(5-8(14)15)10(13)12-6/h7H,2-5H2,1H3,(H,14,15). The van der Waals surface area contributed by atoms with Crippen molar-refractivity contribution in [1.29, 1.82) is 0 Å². The summed E-state index contributed by atoms with van der Waals surface area (Å²) in [5.74, 6) is 0.0822. The highest BCUT2D eigenvalue weighted by Crippen LogP contribution is 2.33. The number of halogens is 1. The first-order chi connectivity index (χ1) is 7.09. The molecule has 2 heterocycles. The SMILES string of the molecule is Cc1nc2n(c1Cl)CCCC2CC(=O)O. The summed E-state index contributed by atoms with van der Waals surface area (Å²) >= 11 is 6.08. The van der Waals surface area contributed by atoms with Crippen LogP contribution < -0.4 is 0 Å². The van der Waals surface area contributed by atoms with Gasteiger partial charge in [0.25, 0.3) is 0 Å². The van der Waals surface area contributed by atoms with E-state index in [1.807, 2.05) is 11.5 Å². The second-order valence-electron chi connectivity index (χ2n) is 3.93. The largest absolute Gasteiger partial charge is 0.481 e. The quantitative estimate of drug-likeness (QED) is 0.844. The molecule has 0 radical (unpaired) electrons. The zero-order chi connectivity index (χ0) is 11.0. The van der Waals surface area contributed by atoms with Crippen LogP contribution in [0.25, 0.3) is 0 Å². The van der Waals surface area contributed by atoms with Crippen LogP contribution in [0.5, 0.6) is 0 Å². The van der Waals surface area contributed by atoms with Gasteiger partial charge in [0.1, 0.15) is 11.0 Å². The number of aromatic nitrogens is 2. The first-order valence-electron chi connectivity index (χ1n) is 5.04. The fraction of sp³-hybridized carbons (Fsp3) is 0.600. The van der Waals surface area contributed by atoms with E-state index in [4.69, 9.17) is 16.7 Å². The molecule has 2 rings (SSSR count). The van der Waals surface area contributed by atoms with Crippen LogP contribution in [-0.2, 0) is 11.3 Å². The topological polar surface area (TPSA) is 55.1 Å². The van der Waals surface area contributed by atoms with Gasteiger partial charge in [-0.2, -0.15) is 0 Å². The molecule has 0 bridgehead atoms. The maximum absolute atomic E-state index is 10.7. The molecule has 82 valence electrons. The van der Waals surface area contributed by atoms with Gasteiger partial charge in [-0.25, -0.2) is 4.98 Å². The van der Waals surface area contributed by atoms with Gasteiger partial charge in [-0.3, -0.25) is 4.79 Å². The smallest absolute Gasteiger partial charge is 0.304 e. The van der Waals surface area contributed by atoms with Gasteiger partial charge in [-0.05, 0) is 19.8 Å². The number of rotatable bonds is 2. The Hall–Kier alpha value is -1.03. The lowest BCUT2D eigenvalue weighted by Gasteiger charge is -2.22. The Morgan fingerprint density at radius 3 is 3.13 bits per heavy atom. The molecule has 0 aromatic carbocycles. The molecule has 0 aliphatic carbocycles. The molecule has 1 unspecified atom stereocenters. The molecule has 0 spiro atoms. The first-order valence-corrected chi connectivity index (χ1v) is 5.41. The van der Waals surface area contributed by atoms with Crippen molar-refractivity contribution in [2.45, 2.75) is 38.6 Å². The van der Waals surface area contributed by atoms with Crippen LogP contribution in [-0.4, -0.2) is 20.6 Å². The maximum Gasteiger partial charge on any atom is 0.304 e. The Bertz CT molecular complexity index is 400.